The molecule has 4 aromatic rings. The van der Waals surface area contributed by atoms with Crippen molar-refractivity contribution in [3.8, 4) is 0 Å². The molecule has 6 nitrogen and oxygen atoms in total. The molecule has 0 saturated carbocycles. The zero-order valence-electron chi connectivity index (χ0n) is 14.2. The molecule has 0 aliphatic heterocycles. The predicted octanol–water partition coefficient (Wildman–Crippen LogP) is 2.89. The Hall–Kier alpha value is -3.48. The van der Waals surface area contributed by atoms with Crippen LogP contribution >= 0.6 is 0 Å². The SMILES string of the molecule is Cc1cc(NC(=O)c2ccc3c(c2)n(C)c(=O)c2ccnn23)ccc1F. The smallest absolute Gasteiger partial charge is 0.276 e. The van der Waals surface area contributed by atoms with Crippen LogP contribution in [0.15, 0.2) is 53.5 Å². The van der Waals surface area contributed by atoms with Crippen LogP contribution in [0.4, 0.5) is 10.1 Å². The van der Waals surface area contributed by atoms with Gasteiger partial charge >= 0.3 is 0 Å². The van der Waals surface area contributed by atoms with E-state index in [-0.39, 0.29) is 17.3 Å². The molecule has 130 valence electrons. The normalized spacial score (nSPS) is 11.2. The van der Waals surface area contributed by atoms with Gasteiger partial charge in [-0.3, -0.25) is 9.59 Å². The highest BCUT2D eigenvalue weighted by atomic mass is 19.1. The third kappa shape index (κ3) is 2.45. The molecule has 2 aromatic heterocycles. The Bertz CT molecular complexity index is 1240. The highest BCUT2D eigenvalue weighted by Gasteiger charge is 2.13. The molecule has 2 heterocycles. The van der Waals surface area contributed by atoms with Crippen LogP contribution in [0, 0.1) is 12.7 Å². The van der Waals surface area contributed by atoms with Crippen molar-refractivity contribution >= 4 is 28.1 Å². The number of anilines is 1. The Morgan fingerprint density at radius 3 is 2.65 bits per heavy atom. The first kappa shape index (κ1) is 16.0. The number of carbonyl (C=O) groups is 1. The van der Waals surface area contributed by atoms with E-state index in [1.54, 1.807) is 55.0 Å². The first-order chi connectivity index (χ1) is 12.5. The van der Waals surface area contributed by atoms with Crippen molar-refractivity contribution in [1.29, 1.82) is 0 Å². The summed E-state index contributed by atoms with van der Waals surface area (Å²) in [7, 11) is 1.66. The third-order valence-electron chi connectivity index (χ3n) is 4.41. The number of rotatable bonds is 2. The third-order valence-corrected chi connectivity index (χ3v) is 4.41. The lowest BCUT2D eigenvalue weighted by molar-refractivity contribution is 0.102. The Morgan fingerprint density at radius 1 is 1.08 bits per heavy atom. The molecule has 0 bridgehead atoms. The van der Waals surface area contributed by atoms with Gasteiger partial charge in [0.1, 0.15) is 11.3 Å². The lowest BCUT2D eigenvalue weighted by atomic mass is 10.1. The number of halogens is 1. The van der Waals surface area contributed by atoms with E-state index in [1.165, 1.54) is 16.7 Å². The number of nitrogens with zero attached hydrogens (tertiary/aromatic N) is 3. The predicted molar refractivity (Wildman–Crippen MR) is 97.0 cm³/mol. The molecule has 0 spiro atoms. The summed E-state index contributed by atoms with van der Waals surface area (Å²) >= 11 is 0. The molecule has 0 fully saturated rings. The number of aryl methyl sites for hydroxylation is 2. The minimum Gasteiger partial charge on any atom is -0.322 e. The summed E-state index contributed by atoms with van der Waals surface area (Å²) < 4.78 is 16.4. The quantitative estimate of drug-likeness (QED) is 0.604. The van der Waals surface area contributed by atoms with E-state index in [0.717, 1.165) is 5.52 Å². The zero-order valence-corrected chi connectivity index (χ0v) is 14.2. The monoisotopic (exact) mass is 350 g/mol. The van der Waals surface area contributed by atoms with Crippen molar-refractivity contribution in [3.05, 3.63) is 76.0 Å². The average Bonchev–Trinajstić information content (AvgIpc) is 3.12. The van der Waals surface area contributed by atoms with E-state index in [9.17, 15) is 14.0 Å². The number of benzene rings is 2. The van der Waals surface area contributed by atoms with Crippen molar-refractivity contribution < 1.29 is 9.18 Å². The summed E-state index contributed by atoms with van der Waals surface area (Å²) in [6, 6.07) is 11.1. The maximum atomic E-state index is 13.4. The molecule has 0 aliphatic carbocycles. The first-order valence-corrected chi connectivity index (χ1v) is 8.00. The minimum absolute atomic E-state index is 0.193. The lowest BCUT2D eigenvalue weighted by Gasteiger charge is -2.10. The summed E-state index contributed by atoms with van der Waals surface area (Å²) in [5.74, 6) is -0.669. The summed E-state index contributed by atoms with van der Waals surface area (Å²) in [5, 5.41) is 6.92. The van der Waals surface area contributed by atoms with E-state index in [4.69, 9.17) is 0 Å². The van der Waals surface area contributed by atoms with Gasteiger partial charge in [0.15, 0.2) is 0 Å². The number of amides is 1. The Morgan fingerprint density at radius 2 is 1.88 bits per heavy atom. The molecular formula is C19H15FN4O2. The molecule has 0 atom stereocenters. The van der Waals surface area contributed by atoms with Crippen LogP contribution in [-0.2, 0) is 7.05 Å². The van der Waals surface area contributed by atoms with Crippen molar-refractivity contribution in [2.75, 3.05) is 5.32 Å². The second-order valence-corrected chi connectivity index (χ2v) is 6.11. The van der Waals surface area contributed by atoms with Gasteiger partial charge in [0.25, 0.3) is 11.5 Å². The van der Waals surface area contributed by atoms with Crippen LogP contribution in [0.5, 0.6) is 0 Å². The molecule has 0 unspecified atom stereocenters. The minimum atomic E-state index is -0.342. The fourth-order valence-corrected chi connectivity index (χ4v) is 2.98. The first-order valence-electron chi connectivity index (χ1n) is 8.00. The largest absolute Gasteiger partial charge is 0.322 e. The molecule has 4 rings (SSSR count). The molecule has 0 saturated heterocycles. The molecule has 1 N–H and O–H groups in total. The fraction of sp³-hybridized carbons (Fsp3) is 0.105. The van der Waals surface area contributed by atoms with Crippen molar-refractivity contribution in [2.45, 2.75) is 6.92 Å². The van der Waals surface area contributed by atoms with Crippen LogP contribution < -0.4 is 10.9 Å². The van der Waals surface area contributed by atoms with Crippen LogP contribution in [-0.4, -0.2) is 20.1 Å². The van der Waals surface area contributed by atoms with Crippen molar-refractivity contribution in [2.24, 2.45) is 7.05 Å². The van der Waals surface area contributed by atoms with E-state index < -0.39 is 0 Å². The molecule has 0 aliphatic rings. The zero-order chi connectivity index (χ0) is 18.4. The van der Waals surface area contributed by atoms with Crippen molar-refractivity contribution in [3.63, 3.8) is 0 Å². The van der Waals surface area contributed by atoms with E-state index in [2.05, 4.69) is 10.4 Å². The van der Waals surface area contributed by atoms with Crippen LogP contribution in [0.25, 0.3) is 16.6 Å². The summed E-state index contributed by atoms with van der Waals surface area (Å²) in [6.07, 6.45) is 1.56. The number of nitrogens with one attached hydrogen (secondary N) is 1. The molecule has 2 aromatic carbocycles. The van der Waals surface area contributed by atoms with Crippen LogP contribution in [0.1, 0.15) is 15.9 Å². The highest BCUT2D eigenvalue weighted by Crippen LogP contribution is 2.18. The summed E-state index contributed by atoms with van der Waals surface area (Å²) in [6.45, 7) is 1.63. The number of fused-ring (bicyclic) bond motifs is 3. The lowest BCUT2D eigenvalue weighted by Crippen LogP contribution is -2.20. The summed E-state index contributed by atoms with van der Waals surface area (Å²) in [5.41, 5.74) is 2.94. The second kappa shape index (κ2) is 5.80. The van der Waals surface area contributed by atoms with Gasteiger partial charge in [0, 0.05) is 18.3 Å². The van der Waals surface area contributed by atoms with Gasteiger partial charge in [-0.15, -0.1) is 0 Å². The molecule has 0 radical (unpaired) electrons. The van der Waals surface area contributed by atoms with Gasteiger partial charge in [-0.2, -0.15) is 5.10 Å². The Kier molecular flexibility index (Phi) is 3.57. The molecule has 7 heteroatoms. The molecular weight excluding hydrogens is 335 g/mol. The topological polar surface area (TPSA) is 68.4 Å². The van der Waals surface area contributed by atoms with Gasteiger partial charge < -0.3 is 9.88 Å². The number of aromatic nitrogens is 3. The molecule has 1 amide bonds. The van der Waals surface area contributed by atoms with Crippen molar-refractivity contribution in [1.82, 2.24) is 14.2 Å². The highest BCUT2D eigenvalue weighted by molar-refractivity contribution is 6.06. The second-order valence-electron chi connectivity index (χ2n) is 6.11. The summed E-state index contributed by atoms with van der Waals surface area (Å²) in [4.78, 5) is 25.0. The van der Waals surface area contributed by atoms with Crippen LogP contribution in [0.3, 0.4) is 0 Å². The maximum absolute atomic E-state index is 13.4. The number of carbonyl (C=O) groups excluding carboxylic acids is 1. The van der Waals surface area contributed by atoms with E-state index in [1.807, 2.05) is 0 Å². The Labute approximate surface area is 147 Å². The number of hydrogen-bond donors (Lipinski definition) is 1. The van der Waals surface area contributed by atoms with Gasteiger partial charge in [-0.05, 0) is 55.0 Å². The van der Waals surface area contributed by atoms with Gasteiger partial charge in [-0.25, -0.2) is 8.91 Å². The average molecular weight is 350 g/mol. The van der Waals surface area contributed by atoms with Gasteiger partial charge in [0.2, 0.25) is 0 Å². The standard InChI is InChI=1S/C19H15FN4O2/c1-11-9-13(4-5-14(11)20)22-18(25)12-3-6-15-17(10-12)23(2)19(26)16-7-8-21-24(15)16/h3-10H,1-2H3,(H,22,25). The Balaban J connectivity index is 1.78. The maximum Gasteiger partial charge on any atom is 0.276 e. The number of hydrogen-bond acceptors (Lipinski definition) is 3. The van der Waals surface area contributed by atoms with Crippen LogP contribution in [0.2, 0.25) is 0 Å². The van der Waals surface area contributed by atoms with E-state index >= 15 is 0 Å². The fourth-order valence-electron chi connectivity index (χ4n) is 2.98. The molecule has 26 heavy (non-hydrogen) atoms. The van der Waals surface area contributed by atoms with Gasteiger partial charge in [-0.1, -0.05) is 0 Å². The van der Waals surface area contributed by atoms with E-state index in [0.29, 0.717) is 27.8 Å². The van der Waals surface area contributed by atoms with Gasteiger partial charge in [0.05, 0.1) is 17.2 Å².